The average molecular weight is 276 g/mol. The van der Waals surface area contributed by atoms with Crippen LogP contribution in [0.25, 0.3) is 11.0 Å². The van der Waals surface area contributed by atoms with Gasteiger partial charge < -0.3 is 9.67 Å². The van der Waals surface area contributed by atoms with Crippen LogP contribution in [0.5, 0.6) is 0 Å². The lowest BCUT2D eigenvalue weighted by Gasteiger charge is -2.03. The number of aliphatic hydroxyl groups is 1. The highest BCUT2D eigenvalue weighted by Gasteiger charge is 2.13. The summed E-state index contributed by atoms with van der Waals surface area (Å²) in [6, 6.07) is 0. The number of aryl methyl sites for hydroxylation is 1. The molecule has 98 valence electrons. The summed E-state index contributed by atoms with van der Waals surface area (Å²) in [5.74, 6) is 0. The van der Waals surface area contributed by atoms with Gasteiger partial charge in [-0.2, -0.15) is 5.10 Å². The Morgan fingerprint density at radius 3 is 2.79 bits per heavy atom. The molecule has 3 aromatic rings. The third-order valence-corrected chi connectivity index (χ3v) is 3.97. The van der Waals surface area contributed by atoms with Crippen LogP contribution in [-0.2, 0) is 20.7 Å². The van der Waals surface area contributed by atoms with Crippen LogP contribution in [0.1, 0.15) is 5.69 Å². The summed E-state index contributed by atoms with van der Waals surface area (Å²) in [7, 11) is 3.71. The van der Waals surface area contributed by atoms with Gasteiger partial charge in [0.15, 0.2) is 10.8 Å². The van der Waals surface area contributed by atoms with E-state index in [0.717, 1.165) is 26.9 Å². The van der Waals surface area contributed by atoms with E-state index in [9.17, 15) is 0 Å². The molecule has 0 aromatic carbocycles. The molecule has 19 heavy (non-hydrogen) atoms. The number of nitrogens with zero attached hydrogens (tertiary/aromatic N) is 6. The summed E-state index contributed by atoms with van der Waals surface area (Å²) in [5.41, 5.74) is 1.55. The van der Waals surface area contributed by atoms with E-state index in [1.165, 1.54) is 18.1 Å². The molecular weight excluding hydrogens is 264 g/mol. The standard InChI is InChI=1S/C11H12N6OS/c1-16-7(5-18)3-12-11(16)19-10-8-4-15-17(2)9(8)13-6-14-10/h3-4,6,18H,5H2,1-2H3. The van der Waals surface area contributed by atoms with Gasteiger partial charge in [-0.25, -0.2) is 15.0 Å². The van der Waals surface area contributed by atoms with Gasteiger partial charge in [0.2, 0.25) is 0 Å². The van der Waals surface area contributed by atoms with Gasteiger partial charge >= 0.3 is 0 Å². The maximum Gasteiger partial charge on any atom is 0.174 e. The van der Waals surface area contributed by atoms with Crippen LogP contribution in [0, 0.1) is 0 Å². The average Bonchev–Trinajstić information content (AvgIpc) is 2.96. The van der Waals surface area contributed by atoms with Gasteiger partial charge in [0, 0.05) is 14.1 Å². The van der Waals surface area contributed by atoms with E-state index in [4.69, 9.17) is 5.11 Å². The smallest absolute Gasteiger partial charge is 0.174 e. The Morgan fingerprint density at radius 1 is 1.21 bits per heavy atom. The lowest BCUT2D eigenvalue weighted by Crippen LogP contribution is -1.98. The van der Waals surface area contributed by atoms with Crippen LogP contribution in [0.4, 0.5) is 0 Å². The zero-order valence-corrected chi connectivity index (χ0v) is 11.3. The highest BCUT2D eigenvalue weighted by Crippen LogP contribution is 2.29. The fraction of sp³-hybridized carbons (Fsp3) is 0.273. The molecule has 7 nitrogen and oxygen atoms in total. The molecule has 0 aliphatic carbocycles. The first-order valence-corrected chi connectivity index (χ1v) is 6.44. The Hall–Kier alpha value is -1.93. The van der Waals surface area contributed by atoms with Crippen molar-refractivity contribution in [3.63, 3.8) is 0 Å². The van der Waals surface area contributed by atoms with Gasteiger partial charge in [-0.05, 0) is 11.8 Å². The van der Waals surface area contributed by atoms with Crippen molar-refractivity contribution in [2.24, 2.45) is 14.1 Å². The van der Waals surface area contributed by atoms with Crippen molar-refractivity contribution in [3.8, 4) is 0 Å². The van der Waals surface area contributed by atoms with Crippen LogP contribution in [0.2, 0.25) is 0 Å². The monoisotopic (exact) mass is 276 g/mol. The van der Waals surface area contributed by atoms with Gasteiger partial charge in [-0.15, -0.1) is 0 Å². The van der Waals surface area contributed by atoms with E-state index < -0.39 is 0 Å². The second kappa shape index (κ2) is 4.63. The zero-order chi connectivity index (χ0) is 13.4. The number of fused-ring (bicyclic) bond motifs is 1. The SMILES string of the molecule is Cn1c(CO)cnc1Sc1ncnc2c1cnn2C. The summed E-state index contributed by atoms with van der Waals surface area (Å²) in [6.07, 6.45) is 4.92. The van der Waals surface area contributed by atoms with Gasteiger partial charge in [0.05, 0.1) is 30.1 Å². The summed E-state index contributed by atoms with van der Waals surface area (Å²) >= 11 is 1.43. The highest BCUT2D eigenvalue weighted by molar-refractivity contribution is 7.99. The molecule has 0 saturated carbocycles. The molecule has 0 saturated heterocycles. The molecule has 3 aromatic heterocycles. The Bertz CT molecular complexity index is 734. The quantitative estimate of drug-likeness (QED) is 0.711. The molecule has 3 heterocycles. The predicted octanol–water partition coefficient (Wildman–Crippen LogP) is 0.740. The van der Waals surface area contributed by atoms with Crippen molar-refractivity contribution in [1.82, 2.24) is 29.3 Å². The van der Waals surface area contributed by atoms with E-state index in [0.29, 0.717) is 0 Å². The fourth-order valence-corrected chi connectivity index (χ4v) is 2.66. The summed E-state index contributed by atoms with van der Waals surface area (Å²) < 4.78 is 3.55. The minimum Gasteiger partial charge on any atom is -0.390 e. The number of aliphatic hydroxyl groups excluding tert-OH is 1. The van der Waals surface area contributed by atoms with Crippen molar-refractivity contribution in [2.75, 3.05) is 0 Å². The van der Waals surface area contributed by atoms with Gasteiger partial charge in [-0.1, -0.05) is 0 Å². The molecule has 0 amide bonds. The van der Waals surface area contributed by atoms with E-state index in [1.807, 2.05) is 18.7 Å². The van der Waals surface area contributed by atoms with E-state index in [2.05, 4.69) is 20.1 Å². The zero-order valence-electron chi connectivity index (χ0n) is 10.5. The minimum absolute atomic E-state index is 0.0316. The molecule has 0 radical (unpaired) electrons. The second-order valence-electron chi connectivity index (χ2n) is 4.04. The van der Waals surface area contributed by atoms with E-state index >= 15 is 0 Å². The Kier molecular flexibility index (Phi) is 2.96. The van der Waals surface area contributed by atoms with E-state index in [-0.39, 0.29) is 6.61 Å². The van der Waals surface area contributed by atoms with Gasteiger partial charge in [-0.3, -0.25) is 4.68 Å². The molecule has 1 N–H and O–H groups in total. The van der Waals surface area contributed by atoms with Crippen LogP contribution in [-0.4, -0.2) is 34.4 Å². The predicted molar refractivity (Wildman–Crippen MR) is 69.6 cm³/mol. The molecule has 0 spiro atoms. The first-order chi connectivity index (χ1) is 9.20. The van der Waals surface area contributed by atoms with Crippen molar-refractivity contribution >= 4 is 22.8 Å². The largest absolute Gasteiger partial charge is 0.390 e. The number of hydrogen-bond donors (Lipinski definition) is 1. The maximum atomic E-state index is 9.16. The summed E-state index contributed by atoms with van der Waals surface area (Å²) in [5, 5.41) is 15.8. The minimum atomic E-state index is -0.0316. The maximum absolute atomic E-state index is 9.16. The lowest BCUT2D eigenvalue weighted by atomic mass is 10.4. The van der Waals surface area contributed by atoms with E-state index in [1.54, 1.807) is 17.1 Å². The Morgan fingerprint density at radius 2 is 2.05 bits per heavy atom. The lowest BCUT2D eigenvalue weighted by molar-refractivity contribution is 0.271. The molecule has 0 aliphatic heterocycles. The first kappa shape index (κ1) is 12.1. The van der Waals surface area contributed by atoms with Crippen molar-refractivity contribution in [2.45, 2.75) is 16.8 Å². The molecular formula is C11H12N6OS. The highest BCUT2D eigenvalue weighted by atomic mass is 32.2. The third-order valence-electron chi connectivity index (χ3n) is 2.88. The van der Waals surface area contributed by atoms with Crippen LogP contribution in [0.3, 0.4) is 0 Å². The fourth-order valence-electron chi connectivity index (χ4n) is 1.78. The molecule has 0 unspecified atom stereocenters. The normalized spacial score (nSPS) is 11.3. The van der Waals surface area contributed by atoms with Gasteiger partial charge in [0.1, 0.15) is 11.4 Å². The molecule has 0 bridgehead atoms. The Balaban J connectivity index is 2.03. The topological polar surface area (TPSA) is 81.7 Å². The van der Waals surface area contributed by atoms with Crippen molar-refractivity contribution < 1.29 is 5.11 Å². The number of aromatic nitrogens is 6. The molecule has 8 heteroatoms. The van der Waals surface area contributed by atoms with Crippen LogP contribution < -0.4 is 0 Å². The molecule has 3 rings (SSSR count). The Labute approximate surface area is 113 Å². The summed E-state index contributed by atoms with van der Waals surface area (Å²) in [4.78, 5) is 12.7. The van der Waals surface area contributed by atoms with Crippen molar-refractivity contribution in [1.29, 1.82) is 0 Å². The third kappa shape index (κ3) is 1.98. The number of hydrogen-bond acceptors (Lipinski definition) is 6. The van der Waals surface area contributed by atoms with Crippen molar-refractivity contribution in [3.05, 3.63) is 24.4 Å². The first-order valence-electron chi connectivity index (χ1n) is 5.62. The van der Waals surface area contributed by atoms with Gasteiger partial charge in [0.25, 0.3) is 0 Å². The molecule has 0 aliphatic rings. The summed E-state index contributed by atoms with van der Waals surface area (Å²) in [6.45, 7) is -0.0316. The molecule has 0 atom stereocenters. The van der Waals surface area contributed by atoms with Crippen LogP contribution >= 0.6 is 11.8 Å². The van der Waals surface area contributed by atoms with Crippen LogP contribution in [0.15, 0.2) is 28.9 Å². The molecule has 0 fully saturated rings. The number of imidazole rings is 1. The number of rotatable bonds is 3. The second-order valence-corrected chi connectivity index (χ2v) is 4.99.